The maximum absolute atomic E-state index is 12.8. The zero-order valence-electron chi connectivity index (χ0n) is 15.6. The number of nitrogens with one attached hydrogen (secondary N) is 2. The molecule has 27 heavy (non-hydrogen) atoms. The van der Waals surface area contributed by atoms with Gasteiger partial charge in [0.25, 0.3) is 5.91 Å². The minimum atomic E-state index is -0.436. The van der Waals surface area contributed by atoms with E-state index in [1.165, 1.54) is 18.9 Å². The summed E-state index contributed by atoms with van der Waals surface area (Å²) in [5, 5.41) is 3.24. The van der Waals surface area contributed by atoms with Crippen LogP contribution in [0.4, 0.5) is 5.69 Å². The summed E-state index contributed by atoms with van der Waals surface area (Å²) in [4.78, 5) is 41.2. The Bertz CT molecular complexity index is 886. The monoisotopic (exact) mass is 409 g/mol. The van der Waals surface area contributed by atoms with Gasteiger partial charge in [-0.2, -0.15) is 0 Å². The Morgan fingerprint density at radius 1 is 1.19 bits per heavy atom. The average molecular weight is 410 g/mol. The van der Waals surface area contributed by atoms with Crippen LogP contribution in [-0.2, 0) is 11.2 Å². The molecule has 0 aliphatic heterocycles. The van der Waals surface area contributed by atoms with Crippen molar-refractivity contribution in [2.24, 2.45) is 0 Å². The number of hydrogen-bond donors (Lipinski definition) is 2. The Hall–Kier alpha value is -2.31. The molecule has 0 bridgehead atoms. The lowest BCUT2D eigenvalue weighted by atomic mass is 10.0. The first-order valence-corrected chi connectivity index (χ1v) is 9.14. The summed E-state index contributed by atoms with van der Waals surface area (Å²) in [6, 6.07) is 4.88. The number of likely N-dealkylation sites (N-methyl/N-ethyl adjacent to an activating group) is 1. The number of halogens is 2. The van der Waals surface area contributed by atoms with Gasteiger partial charge in [-0.15, -0.1) is 0 Å². The molecular weight excluding hydrogens is 389 g/mol. The third kappa shape index (κ3) is 4.51. The van der Waals surface area contributed by atoms with Crippen LogP contribution in [0.25, 0.3) is 0 Å². The second kappa shape index (κ2) is 8.59. The third-order valence-corrected chi connectivity index (χ3v) is 4.80. The number of aromatic nitrogens is 1. The molecular formula is C19H21Cl2N3O3. The zero-order valence-corrected chi connectivity index (χ0v) is 17.1. The van der Waals surface area contributed by atoms with E-state index in [1.54, 1.807) is 25.1 Å². The maximum Gasteiger partial charge on any atom is 0.270 e. The Labute approximate surface area is 167 Å². The molecule has 1 aromatic carbocycles. The molecule has 6 nitrogen and oxygen atoms in total. The molecule has 0 saturated carbocycles. The van der Waals surface area contributed by atoms with Gasteiger partial charge >= 0.3 is 0 Å². The highest BCUT2D eigenvalue weighted by atomic mass is 35.5. The second-order valence-electron chi connectivity index (χ2n) is 6.19. The van der Waals surface area contributed by atoms with Crippen LogP contribution in [0.15, 0.2) is 18.2 Å². The van der Waals surface area contributed by atoms with Gasteiger partial charge in [-0.25, -0.2) is 0 Å². The normalized spacial score (nSPS) is 10.6. The first kappa shape index (κ1) is 21.0. The number of benzene rings is 1. The number of aryl methyl sites for hydroxylation is 1. The lowest BCUT2D eigenvalue weighted by Gasteiger charge is -2.17. The third-order valence-electron chi connectivity index (χ3n) is 4.17. The van der Waals surface area contributed by atoms with Crippen LogP contribution >= 0.6 is 23.2 Å². The highest BCUT2D eigenvalue weighted by molar-refractivity contribution is 6.39. The highest BCUT2D eigenvalue weighted by Gasteiger charge is 2.25. The van der Waals surface area contributed by atoms with Crippen LogP contribution in [0.2, 0.25) is 10.0 Å². The number of ketones is 1. The van der Waals surface area contributed by atoms with Crippen LogP contribution in [0.5, 0.6) is 0 Å². The number of carbonyl (C=O) groups excluding carboxylic acids is 3. The van der Waals surface area contributed by atoms with Crippen LogP contribution < -0.4 is 5.32 Å². The molecule has 0 fully saturated rings. The summed E-state index contributed by atoms with van der Waals surface area (Å²) in [6.07, 6.45) is 0.523. The fourth-order valence-corrected chi connectivity index (χ4v) is 3.46. The van der Waals surface area contributed by atoms with Gasteiger partial charge in [0.05, 0.1) is 22.3 Å². The molecule has 2 N–H and O–H groups in total. The van der Waals surface area contributed by atoms with E-state index in [-0.39, 0.29) is 18.2 Å². The van der Waals surface area contributed by atoms with Crippen molar-refractivity contribution in [2.45, 2.75) is 27.2 Å². The Morgan fingerprint density at radius 3 is 2.30 bits per heavy atom. The SMILES string of the molecule is CCc1c(C(=O)N(C)CC(=O)Nc2c(Cl)cccc2Cl)[nH]c(C)c1C(C)=O. The Morgan fingerprint density at radius 2 is 1.78 bits per heavy atom. The number of aromatic amines is 1. The number of Topliss-reactive ketones (excluding diaryl/α,β-unsaturated/α-hetero) is 1. The first-order chi connectivity index (χ1) is 12.7. The molecule has 0 aliphatic carbocycles. The van der Waals surface area contributed by atoms with E-state index >= 15 is 0 Å². The van der Waals surface area contributed by atoms with Gasteiger partial charge in [0.1, 0.15) is 5.69 Å². The zero-order chi connectivity index (χ0) is 20.3. The summed E-state index contributed by atoms with van der Waals surface area (Å²) in [6.45, 7) is 4.89. The van der Waals surface area contributed by atoms with E-state index < -0.39 is 5.91 Å². The van der Waals surface area contributed by atoms with Crippen molar-refractivity contribution in [2.75, 3.05) is 18.9 Å². The van der Waals surface area contributed by atoms with E-state index in [4.69, 9.17) is 23.2 Å². The van der Waals surface area contributed by atoms with Gasteiger partial charge in [0.2, 0.25) is 5.91 Å². The van der Waals surface area contributed by atoms with Gasteiger partial charge in [0, 0.05) is 18.3 Å². The minimum absolute atomic E-state index is 0.103. The van der Waals surface area contributed by atoms with Crippen LogP contribution in [0.3, 0.4) is 0 Å². The van der Waals surface area contributed by atoms with Crippen molar-refractivity contribution in [3.05, 3.63) is 50.8 Å². The van der Waals surface area contributed by atoms with Crippen molar-refractivity contribution < 1.29 is 14.4 Å². The lowest BCUT2D eigenvalue weighted by molar-refractivity contribution is -0.116. The minimum Gasteiger partial charge on any atom is -0.354 e. The summed E-state index contributed by atoms with van der Waals surface area (Å²) in [5.41, 5.74) is 2.46. The standard InChI is InChI=1S/C19H21Cl2N3O3/c1-5-12-16(11(3)25)10(2)22-17(12)19(27)24(4)9-15(26)23-18-13(20)7-6-8-14(18)21/h6-8,22H,5,9H2,1-4H3,(H,23,26). The molecule has 0 radical (unpaired) electrons. The number of para-hydroxylation sites is 1. The van der Waals surface area contributed by atoms with Crippen molar-refractivity contribution in [3.8, 4) is 0 Å². The van der Waals surface area contributed by atoms with E-state index in [2.05, 4.69) is 10.3 Å². The molecule has 0 saturated heterocycles. The number of carbonyl (C=O) groups is 3. The van der Waals surface area contributed by atoms with Crippen LogP contribution in [0.1, 0.15) is 46.0 Å². The summed E-state index contributed by atoms with van der Waals surface area (Å²) >= 11 is 12.1. The van der Waals surface area contributed by atoms with Gasteiger partial charge in [0.15, 0.2) is 5.78 Å². The van der Waals surface area contributed by atoms with E-state index in [0.29, 0.717) is 44.7 Å². The summed E-state index contributed by atoms with van der Waals surface area (Å²) in [5.74, 6) is -0.912. The smallest absolute Gasteiger partial charge is 0.270 e. The van der Waals surface area contributed by atoms with Crippen LogP contribution in [0, 0.1) is 6.92 Å². The second-order valence-corrected chi connectivity index (χ2v) is 7.01. The van der Waals surface area contributed by atoms with Gasteiger partial charge in [-0.05, 0) is 38.0 Å². The highest BCUT2D eigenvalue weighted by Crippen LogP contribution is 2.29. The quantitative estimate of drug-likeness (QED) is 0.704. The van der Waals surface area contributed by atoms with Gasteiger partial charge in [-0.3, -0.25) is 14.4 Å². The topological polar surface area (TPSA) is 82.3 Å². The molecule has 2 rings (SSSR count). The maximum atomic E-state index is 12.8. The van der Waals surface area contributed by atoms with Gasteiger partial charge in [-0.1, -0.05) is 36.2 Å². The fraction of sp³-hybridized carbons (Fsp3) is 0.316. The number of nitrogens with zero attached hydrogens (tertiary/aromatic N) is 1. The van der Waals surface area contributed by atoms with Crippen molar-refractivity contribution in [3.63, 3.8) is 0 Å². The lowest BCUT2D eigenvalue weighted by Crippen LogP contribution is -2.35. The number of hydrogen-bond acceptors (Lipinski definition) is 3. The molecule has 1 heterocycles. The van der Waals surface area contributed by atoms with E-state index in [1.807, 2.05) is 6.92 Å². The van der Waals surface area contributed by atoms with Crippen LogP contribution in [-0.4, -0.2) is 41.1 Å². The number of amides is 2. The molecule has 0 atom stereocenters. The van der Waals surface area contributed by atoms with Crippen molar-refractivity contribution >= 4 is 46.5 Å². The largest absolute Gasteiger partial charge is 0.354 e. The Balaban J connectivity index is 2.18. The van der Waals surface area contributed by atoms with Crippen molar-refractivity contribution in [1.82, 2.24) is 9.88 Å². The molecule has 2 amide bonds. The fourth-order valence-electron chi connectivity index (χ4n) is 2.96. The van der Waals surface area contributed by atoms with E-state index in [0.717, 1.165) is 0 Å². The Kier molecular flexibility index (Phi) is 6.68. The van der Waals surface area contributed by atoms with Gasteiger partial charge < -0.3 is 15.2 Å². The summed E-state index contributed by atoms with van der Waals surface area (Å²) < 4.78 is 0. The number of anilines is 1. The average Bonchev–Trinajstić information content (AvgIpc) is 2.94. The molecule has 2 aromatic rings. The summed E-state index contributed by atoms with van der Waals surface area (Å²) in [7, 11) is 1.51. The molecule has 8 heteroatoms. The number of rotatable bonds is 6. The van der Waals surface area contributed by atoms with Crippen molar-refractivity contribution in [1.29, 1.82) is 0 Å². The molecule has 0 aliphatic rings. The first-order valence-electron chi connectivity index (χ1n) is 8.39. The molecule has 0 unspecified atom stereocenters. The predicted octanol–water partition coefficient (Wildman–Crippen LogP) is 4.11. The molecule has 1 aromatic heterocycles. The predicted molar refractivity (Wildman–Crippen MR) is 107 cm³/mol. The molecule has 144 valence electrons. The molecule has 0 spiro atoms. The number of H-pyrrole nitrogens is 1. The van der Waals surface area contributed by atoms with E-state index in [9.17, 15) is 14.4 Å².